The molecule has 0 saturated carbocycles. The predicted octanol–water partition coefficient (Wildman–Crippen LogP) is 4.72. The van der Waals surface area contributed by atoms with Crippen molar-refractivity contribution in [2.24, 2.45) is 5.41 Å². The Labute approximate surface area is 213 Å². The predicted molar refractivity (Wildman–Crippen MR) is 125 cm³/mol. The summed E-state index contributed by atoms with van der Waals surface area (Å²) in [6.45, 7) is 6.94. The van der Waals surface area contributed by atoms with Crippen molar-refractivity contribution in [1.82, 2.24) is 10.2 Å². The Kier molecular flexibility index (Phi) is 12.5. The molecule has 1 unspecified atom stereocenters. The van der Waals surface area contributed by atoms with Crippen LogP contribution in [0.15, 0.2) is 24.3 Å². The molecule has 0 aliphatic rings. The van der Waals surface area contributed by atoms with E-state index in [1.807, 2.05) is 20.8 Å². The Morgan fingerprint density at radius 3 is 2.16 bits per heavy atom. The van der Waals surface area contributed by atoms with Crippen molar-refractivity contribution in [2.45, 2.75) is 58.9 Å². The number of ether oxygens (including phenoxy) is 3. The minimum atomic E-state index is -5.82. The van der Waals surface area contributed by atoms with Gasteiger partial charge < -0.3 is 29.5 Å². The molecule has 8 nitrogen and oxygen atoms in total. The molecule has 1 aromatic carbocycles. The highest BCUT2D eigenvalue weighted by atomic mass is 19.4. The number of carboxylic acid groups (broad SMARTS) is 1. The number of rotatable bonds is 15. The third kappa shape index (κ3) is 12.4. The van der Waals surface area contributed by atoms with Gasteiger partial charge in [0.05, 0.1) is 13.2 Å². The number of nitrogens with zero attached hydrogens (tertiary/aromatic N) is 1. The Balaban J connectivity index is 2.67. The molecule has 1 rings (SSSR count). The summed E-state index contributed by atoms with van der Waals surface area (Å²) >= 11 is 0. The molecule has 212 valence electrons. The fraction of sp³-hybridized carbons (Fsp3) is 0.667. The number of carbonyl (C=O) groups excluding carboxylic acids is 1. The molecule has 0 aliphatic heterocycles. The Hall–Kier alpha value is -2.67. The van der Waals surface area contributed by atoms with Gasteiger partial charge in [-0.1, -0.05) is 32.9 Å². The van der Waals surface area contributed by atoms with Gasteiger partial charge in [0.25, 0.3) is 0 Å². The number of carbonyl (C=O) groups is 2. The number of alkyl halides is 5. The van der Waals surface area contributed by atoms with E-state index in [1.165, 1.54) is 4.90 Å². The minimum Gasteiger partial charge on any atom is -0.492 e. The Bertz CT molecular complexity index is 844. The highest BCUT2D eigenvalue weighted by Gasteiger charge is 2.59. The average molecular weight is 543 g/mol. The largest absolute Gasteiger partial charge is 0.492 e. The number of hydrogen-bond acceptors (Lipinski definition) is 5. The first-order chi connectivity index (χ1) is 17.1. The van der Waals surface area contributed by atoms with Crippen molar-refractivity contribution in [3.8, 4) is 5.75 Å². The lowest BCUT2D eigenvalue weighted by molar-refractivity contribution is -0.391. The molecule has 0 heterocycles. The van der Waals surface area contributed by atoms with Gasteiger partial charge in [-0.15, -0.1) is 0 Å². The van der Waals surface area contributed by atoms with Crippen molar-refractivity contribution in [3.63, 3.8) is 0 Å². The van der Waals surface area contributed by atoms with Crippen molar-refractivity contribution < 1.29 is 50.9 Å². The molecule has 0 fully saturated rings. The van der Waals surface area contributed by atoms with E-state index < -0.39 is 37.0 Å². The van der Waals surface area contributed by atoms with Gasteiger partial charge in [0.15, 0.2) is 6.10 Å². The van der Waals surface area contributed by atoms with Crippen LogP contribution in [0.1, 0.15) is 39.7 Å². The fourth-order valence-corrected chi connectivity index (χ4v) is 2.93. The first kappa shape index (κ1) is 32.4. The van der Waals surface area contributed by atoms with Crippen LogP contribution in [0.25, 0.3) is 0 Å². The topological polar surface area (TPSA) is 97.3 Å². The van der Waals surface area contributed by atoms with E-state index in [-0.39, 0.29) is 44.6 Å². The van der Waals surface area contributed by atoms with Crippen molar-refractivity contribution >= 4 is 12.0 Å². The molecule has 0 aromatic heterocycles. The summed E-state index contributed by atoms with van der Waals surface area (Å²) < 4.78 is 77.1. The van der Waals surface area contributed by atoms with Crippen LogP contribution in [0.3, 0.4) is 0 Å². The molecule has 2 amide bonds. The van der Waals surface area contributed by atoms with Gasteiger partial charge in [-0.25, -0.2) is 9.59 Å². The van der Waals surface area contributed by atoms with Crippen LogP contribution in [0.4, 0.5) is 26.7 Å². The number of halogens is 5. The van der Waals surface area contributed by atoms with E-state index in [0.717, 1.165) is 0 Å². The van der Waals surface area contributed by atoms with Gasteiger partial charge in [0.2, 0.25) is 0 Å². The zero-order valence-corrected chi connectivity index (χ0v) is 21.4. The van der Waals surface area contributed by atoms with E-state index >= 15 is 0 Å². The van der Waals surface area contributed by atoms with Crippen molar-refractivity contribution in [2.75, 3.05) is 39.5 Å². The lowest BCUT2D eigenvalue weighted by Crippen LogP contribution is -2.45. The smallest absolute Gasteiger partial charge is 0.482 e. The summed E-state index contributed by atoms with van der Waals surface area (Å²) in [6.07, 6.45) is -12.2. The highest BCUT2D eigenvalue weighted by Crippen LogP contribution is 2.36. The van der Waals surface area contributed by atoms with Crippen LogP contribution >= 0.6 is 0 Å². The van der Waals surface area contributed by atoms with Crippen LogP contribution in [0, 0.1) is 5.41 Å². The van der Waals surface area contributed by atoms with Gasteiger partial charge >= 0.3 is 24.3 Å². The van der Waals surface area contributed by atoms with Crippen LogP contribution in [0.2, 0.25) is 0 Å². The van der Waals surface area contributed by atoms with Crippen molar-refractivity contribution in [3.05, 3.63) is 29.8 Å². The number of nitrogens with one attached hydrogen (secondary N) is 1. The summed E-state index contributed by atoms with van der Waals surface area (Å²) in [5.41, 5.74) is 0.478. The number of hydrogen-bond donors (Lipinski definition) is 2. The second-order valence-corrected chi connectivity index (χ2v) is 9.40. The number of urea groups is 1. The quantitative estimate of drug-likeness (QED) is 0.246. The summed E-state index contributed by atoms with van der Waals surface area (Å²) in [7, 11) is 0. The van der Waals surface area contributed by atoms with Gasteiger partial charge in [-0.2, -0.15) is 22.0 Å². The Morgan fingerprint density at radius 2 is 1.65 bits per heavy atom. The molecule has 0 radical (unpaired) electrons. The normalized spacial score (nSPS) is 13.2. The molecule has 0 spiro atoms. The third-order valence-corrected chi connectivity index (χ3v) is 4.86. The highest BCUT2D eigenvalue weighted by molar-refractivity contribution is 5.74. The molecular weight excluding hydrogens is 507 g/mol. The number of aliphatic carboxylic acids is 1. The maximum absolute atomic E-state index is 12.9. The molecule has 0 aliphatic carbocycles. The molecule has 1 atom stereocenters. The van der Waals surface area contributed by atoms with E-state index in [2.05, 4.69) is 10.1 Å². The summed E-state index contributed by atoms with van der Waals surface area (Å²) in [4.78, 5) is 25.0. The lowest BCUT2D eigenvalue weighted by atomic mass is 9.97. The monoisotopic (exact) mass is 542 g/mol. The van der Waals surface area contributed by atoms with E-state index in [4.69, 9.17) is 9.47 Å². The van der Waals surface area contributed by atoms with E-state index in [0.29, 0.717) is 17.9 Å². The molecule has 0 saturated heterocycles. The molecule has 0 bridgehead atoms. The maximum Gasteiger partial charge on any atom is 0.482 e. The van der Waals surface area contributed by atoms with Gasteiger partial charge in [0, 0.05) is 26.1 Å². The standard InChI is InChI=1S/C24H35F5N2O6/c1-5-35-19(20(32)33)15-17-7-9-18(10-8-17)36-14-12-31(21(34)30-16-22(2,3)4)11-6-13-37-24(28,29)23(25,26)27/h7-10,19H,5-6,11-16H2,1-4H3,(H,30,34)(H,32,33). The number of benzene rings is 1. The minimum absolute atomic E-state index is 0.0124. The second-order valence-electron chi connectivity index (χ2n) is 9.40. The molecular formula is C24H35F5N2O6. The fourth-order valence-electron chi connectivity index (χ4n) is 2.93. The first-order valence-electron chi connectivity index (χ1n) is 11.7. The van der Waals surface area contributed by atoms with E-state index in [9.17, 15) is 36.6 Å². The van der Waals surface area contributed by atoms with Crippen LogP contribution in [-0.4, -0.2) is 79.9 Å². The summed E-state index contributed by atoms with van der Waals surface area (Å²) in [5, 5.41) is 11.9. The second kappa shape index (κ2) is 14.3. The van der Waals surface area contributed by atoms with Crippen LogP contribution in [0.5, 0.6) is 5.75 Å². The maximum atomic E-state index is 12.9. The zero-order valence-electron chi connectivity index (χ0n) is 21.4. The SMILES string of the molecule is CCOC(Cc1ccc(OCCN(CCCOC(F)(F)C(F)(F)F)C(=O)NCC(C)(C)C)cc1)C(=O)O. The molecule has 13 heteroatoms. The summed E-state index contributed by atoms with van der Waals surface area (Å²) in [5.74, 6) is -0.630. The van der Waals surface area contributed by atoms with Gasteiger partial charge in [-0.3, -0.25) is 0 Å². The van der Waals surface area contributed by atoms with Gasteiger partial charge in [-0.05, 0) is 36.5 Å². The molecule has 37 heavy (non-hydrogen) atoms. The Morgan fingerprint density at radius 1 is 1.03 bits per heavy atom. The van der Waals surface area contributed by atoms with Crippen LogP contribution in [-0.2, 0) is 20.7 Å². The number of carboxylic acids is 1. The summed E-state index contributed by atoms with van der Waals surface area (Å²) in [6, 6.07) is 6.08. The lowest BCUT2D eigenvalue weighted by Gasteiger charge is -2.26. The molecule has 1 aromatic rings. The first-order valence-corrected chi connectivity index (χ1v) is 11.7. The number of amides is 2. The average Bonchev–Trinajstić information content (AvgIpc) is 2.78. The zero-order chi connectivity index (χ0) is 28.3. The van der Waals surface area contributed by atoms with Gasteiger partial charge in [0.1, 0.15) is 12.4 Å². The third-order valence-electron chi connectivity index (χ3n) is 4.86. The van der Waals surface area contributed by atoms with Crippen LogP contribution < -0.4 is 10.1 Å². The van der Waals surface area contributed by atoms with E-state index in [1.54, 1.807) is 31.2 Å². The van der Waals surface area contributed by atoms with Crippen molar-refractivity contribution in [1.29, 1.82) is 0 Å². The molecule has 2 N–H and O–H groups in total.